The van der Waals surface area contributed by atoms with Crippen molar-refractivity contribution in [2.45, 2.75) is 77.0 Å². The maximum absolute atomic E-state index is 12.8. The van der Waals surface area contributed by atoms with Crippen LogP contribution in [0.15, 0.2) is 18.2 Å². The Labute approximate surface area is 163 Å². The van der Waals surface area contributed by atoms with Crippen LogP contribution >= 0.6 is 0 Å². The Morgan fingerprint density at radius 1 is 1.14 bits per heavy atom. The molecule has 1 aliphatic carbocycles. The molecular formula is C19H25BF3NO4. The average Bonchev–Trinajstić information content (AvgIpc) is 3.12. The Kier molecular flexibility index (Phi) is 5.44. The van der Waals surface area contributed by atoms with E-state index in [2.05, 4.69) is 10.1 Å². The molecule has 154 valence electrons. The summed E-state index contributed by atoms with van der Waals surface area (Å²) >= 11 is 0. The lowest BCUT2D eigenvalue weighted by molar-refractivity contribution is -0.274. The van der Waals surface area contributed by atoms with E-state index in [1.165, 1.54) is 12.1 Å². The molecule has 2 aliphatic rings. The lowest BCUT2D eigenvalue weighted by atomic mass is 9.78. The number of benzene rings is 1. The Bertz CT molecular complexity index is 729. The van der Waals surface area contributed by atoms with Gasteiger partial charge in [-0.25, -0.2) is 0 Å². The Morgan fingerprint density at radius 2 is 1.71 bits per heavy atom. The molecule has 0 atom stereocenters. The summed E-state index contributed by atoms with van der Waals surface area (Å²) in [4.78, 5) is 12.7. The molecule has 0 spiro atoms. The molecule has 0 aromatic heterocycles. The molecule has 0 bridgehead atoms. The van der Waals surface area contributed by atoms with Crippen LogP contribution in [-0.2, 0) is 9.31 Å². The third-order valence-electron chi connectivity index (χ3n) is 5.69. The zero-order chi connectivity index (χ0) is 20.7. The second-order valence-electron chi connectivity index (χ2n) is 8.35. The monoisotopic (exact) mass is 399 g/mol. The van der Waals surface area contributed by atoms with Gasteiger partial charge in [0.25, 0.3) is 5.91 Å². The quantitative estimate of drug-likeness (QED) is 0.787. The molecule has 1 amide bonds. The first kappa shape index (κ1) is 21.0. The number of alkyl halides is 3. The standard InChI is InChI=1S/C19H25BF3NO4/c1-17(2)18(3,4)28-20(27-17)12-9-10-15(26-19(21,22)23)14(11-12)16(25)24-13-7-5-6-8-13/h9-11,13H,5-8H2,1-4H3,(H,24,25). The van der Waals surface area contributed by atoms with E-state index in [4.69, 9.17) is 9.31 Å². The van der Waals surface area contributed by atoms with Crippen molar-refractivity contribution in [2.24, 2.45) is 0 Å². The summed E-state index contributed by atoms with van der Waals surface area (Å²) in [6.45, 7) is 7.51. The number of halogens is 3. The third-order valence-corrected chi connectivity index (χ3v) is 5.69. The van der Waals surface area contributed by atoms with Gasteiger partial charge < -0.3 is 19.4 Å². The van der Waals surface area contributed by atoms with Crippen LogP contribution in [0, 0.1) is 0 Å². The Hall–Kier alpha value is -1.74. The van der Waals surface area contributed by atoms with Gasteiger partial charge in [0.1, 0.15) is 5.75 Å². The summed E-state index contributed by atoms with van der Waals surface area (Å²) in [5.41, 5.74) is -0.933. The zero-order valence-electron chi connectivity index (χ0n) is 16.5. The maximum atomic E-state index is 12.8. The molecule has 5 nitrogen and oxygen atoms in total. The fourth-order valence-corrected chi connectivity index (χ4v) is 3.40. The SMILES string of the molecule is CC1(C)OB(c2ccc(OC(F)(F)F)c(C(=O)NC3CCCC3)c2)OC1(C)C. The predicted molar refractivity (Wildman–Crippen MR) is 98.6 cm³/mol. The average molecular weight is 399 g/mol. The molecule has 3 rings (SSSR count). The molecule has 1 heterocycles. The van der Waals surface area contributed by atoms with Gasteiger partial charge in [-0.2, -0.15) is 0 Å². The van der Waals surface area contributed by atoms with Gasteiger partial charge in [0.05, 0.1) is 16.8 Å². The van der Waals surface area contributed by atoms with Crippen LogP contribution in [0.25, 0.3) is 0 Å². The number of amides is 1. The Morgan fingerprint density at radius 3 is 2.25 bits per heavy atom. The highest BCUT2D eigenvalue weighted by atomic mass is 19.4. The van der Waals surface area contributed by atoms with E-state index in [1.807, 2.05) is 27.7 Å². The maximum Gasteiger partial charge on any atom is 0.573 e. The molecule has 0 unspecified atom stereocenters. The molecule has 9 heteroatoms. The van der Waals surface area contributed by atoms with Gasteiger partial charge in [0.15, 0.2) is 0 Å². The fourth-order valence-electron chi connectivity index (χ4n) is 3.40. The Balaban J connectivity index is 1.90. The van der Waals surface area contributed by atoms with Crippen molar-refractivity contribution in [1.29, 1.82) is 0 Å². The second-order valence-corrected chi connectivity index (χ2v) is 8.35. The van der Waals surface area contributed by atoms with Crippen molar-refractivity contribution < 1.29 is 32.0 Å². The molecule has 1 aromatic carbocycles. The lowest BCUT2D eigenvalue weighted by Gasteiger charge is -2.32. The van der Waals surface area contributed by atoms with Crippen molar-refractivity contribution in [3.63, 3.8) is 0 Å². The smallest absolute Gasteiger partial charge is 0.405 e. The van der Waals surface area contributed by atoms with Crippen molar-refractivity contribution in [2.75, 3.05) is 0 Å². The molecule has 1 saturated carbocycles. The van der Waals surface area contributed by atoms with Crippen LogP contribution in [0.1, 0.15) is 63.7 Å². The first-order valence-corrected chi connectivity index (χ1v) is 9.44. The predicted octanol–water partition coefficient (Wildman–Crippen LogP) is 3.56. The molecule has 1 aromatic rings. The minimum atomic E-state index is -4.89. The van der Waals surface area contributed by atoms with Crippen LogP contribution in [-0.4, -0.2) is 36.6 Å². The summed E-state index contributed by atoms with van der Waals surface area (Å²) in [6.07, 6.45) is -1.28. The molecule has 1 saturated heterocycles. The molecule has 28 heavy (non-hydrogen) atoms. The normalized spacial score (nSPS) is 21.8. The topological polar surface area (TPSA) is 56.8 Å². The molecule has 2 fully saturated rings. The van der Waals surface area contributed by atoms with Crippen LogP contribution in [0.5, 0.6) is 5.75 Å². The van der Waals surface area contributed by atoms with E-state index >= 15 is 0 Å². The minimum absolute atomic E-state index is 0.0354. The molecule has 0 radical (unpaired) electrons. The number of carbonyl (C=O) groups is 1. The van der Waals surface area contributed by atoms with E-state index in [1.54, 1.807) is 0 Å². The first-order valence-electron chi connectivity index (χ1n) is 9.44. The summed E-state index contributed by atoms with van der Waals surface area (Å²) in [5, 5.41) is 2.80. The highest BCUT2D eigenvalue weighted by molar-refractivity contribution is 6.62. The van der Waals surface area contributed by atoms with E-state index < -0.39 is 36.3 Å². The van der Waals surface area contributed by atoms with E-state index in [9.17, 15) is 18.0 Å². The fraction of sp³-hybridized carbons (Fsp3) is 0.632. The highest BCUT2D eigenvalue weighted by Crippen LogP contribution is 2.37. The highest BCUT2D eigenvalue weighted by Gasteiger charge is 2.52. The number of hydrogen-bond acceptors (Lipinski definition) is 4. The van der Waals surface area contributed by atoms with Crippen molar-refractivity contribution in [3.8, 4) is 5.75 Å². The van der Waals surface area contributed by atoms with Gasteiger partial charge in [0, 0.05) is 6.04 Å². The van der Waals surface area contributed by atoms with E-state index in [0.29, 0.717) is 5.46 Å². The van der Waals surface area contributed by atoms with Gasteiger partial charge in [0.2, 0.25) is 0 Å². The van der Waals surface area contributed by atoms with Crippen molar-refractivity contribution >= 4 is 18.5 Å². The van der Waals surface area contributed by atoms with Gasteiger partial charge in [-0.15, -0.1) is 13.2 Å². The number of rotatable bonds is 4. The summed E-state index contributed by atoms with van der Waals surface area (Å²) in [5.74, 6) is -1.13. The van der Waals surface area contributed by atoms with Crippen LogP contribution in [0.3, 0.4) is 0 Å². The van der Waals surface area contributed by atoms with Gasteiger partial charge in [-0.3, -0.25) is 4.79 Å². The van der Waals surface area contributed by atoms with Crippen molar-refractivity contribution in [1.82, 2.24) is 5.32 Å². The van der Waals surface area contributed by atoms with Gasteiger partial charge >= 0.3 is 13.5 Å². The van der Waals surface area contributed by atoms with E-state index in [-0.39, 0.29) is 11.6 Å². The number of hydrogen-bond donors (Lipinski definition) is 1. The summed E-state index contributed by atoms with van der Waals surface area (Å²) < 4.78 is 54.3. The largest absolute Gasteiger partial charge is 0.573 e. The molecule has 1 N–H and O–H groups in total. The van der Waals surface area contributed by atoms with Gasteiger partial charge in [-0.05, 0) is 58.1 Å². The first-order chi connectivity index (χ1) is 12.9. The minimum Gasteiger partial charge on any atom is -0.405 e. The van der Waals surface area contributed by atoms with Crippen LogP contribution in [0.4, 0.5) is 13.2 Å². The molecular weight excluding hydrogens is 374 g/mol. The van der Waals surface area contributed by atoms with Crippen LogP contribution < -0.4 is 15.5 Å². The lowest BCUT2D eigenvalue weighted by Crippen LogP contribution is -2.41. The van der Waals surface area contributed by atoms with Gasteiger partial charge in [-0.1, -0.05) is 18.9 Å². The molecule has 1 aliphatic heterocycles. The third kappa shape index (κ3) is 4.46. The number of ether oxygens (including phenoxy) is 1. The zero-order valence-corrected chi connectivity index (χ0v) is 16.5. The number of carbonyl (C=O) groups excluding carboxylic acids is 1. The van der Waals surface area contributed by atoms with Crippen molar-refractivity contribution in [3.05, 3.63) is 23.8 Å². The van der Waals surface area contributed by atoms with E-state index in [0.717, 1.165) is 31.7 Å². The number of nitrogens with one attached hydrogen (secondary N) is 1. The second kappa shape index (κ2) is 7.26. The van der Waals surface area contributed by atoms with Crippen LogP contribution in [0.2, 0.25) is 0 Å². The summed E-state index contributed by atoms with van der Waals surface area (Å²) in [6, 6.07) is 3.88. The summed E-state index contributed by atoms with van der Waals surface area (Å²) in [7, 11) is -0.789.